The third-order valence-electron chi connectivity index (χ3n) is 4.31. The van der Waals surface area contributed by atoms with Crippen LogP contribution in [0, 0.1) is 0 Å². The van der Waals surface area contributed by atoms with Crippen LogP contribution < -0.4 is 4.90 Å². The molecular formula is C16H22N2O2. The van der Waals surface area contributed by atoms with Gasteiger partial charge in [0, 0.05) is 31.7 Å². The zero-order valence-electron chi connectivity index (χ0n) is 11.8. The number of anilines is 1. The molecule has 2 aliphatic heterocycles. The monoisotopic (exact) mass is 274 g/mol. The van der Waals surface area contributed by atoms with E-state index in [1.54, 1.807) is 0 Å². The Hall–Kier alpha value is -1.39. The molecule has 0 bridgehead atoms. The van der Waals surface area contributed by atoms with E-state index in [1.807, 2.05) is 23.1 Å². The summed E-state index contributed by atoms with van der Waals surface area (Å²) in [5.41, 5.74) is 2.35. The predicted octanol–water partition coefficient (Wildman–Crippen LogP) is 1.42. The Morgan fingerprint density at radius 2 is 2.15 bits per heavy atom. The third-order valence-corrected chi connectivity index (χ3v) is 4.31. The number of rotatable bonds is 3. The van der Waals surface area contributed by atoms with Crippen LogP contribution in [0.15, 0.2) is 24.3 Å². The molecule has 1 aromatic rings. The lowest BCUT2D eigenvalue weighted by atomic mass is 10.1. The van der Waals surface area contributed by atoms with Crippen molar-refractivity contribution in [3.63, 3.8) is 0 Å². The predicted molar refractivity (Wildman–Crippen MR) is 78.8 cm³/mol. The first-order valence-corrected chi connectivity index (χ1v) is 7.53. The van der Waals surface area contributed by atoms with Crippen LogP contribution in [-0.4, -0.2) is 48.2 Å². The maximum atomic E-state index is 12.4. The Bertz CT molecular complexity index is 489. The zero-order chi connectivity index (χ0) is 13.9. The van der Waals surface area contributed by atoms with Crippen LogP contribution >= 0.6 is 0 Å². The van der Waals surface area contributed by atoms with Gasteiger partial charge in [0.15, 0.2) is 0 Å². The number of hydrogen-bond acceptors (Lipinski definition) is 3. The number of fused-ring (bicyclic) bond motifs is 1. The molecule has 0 spiro atoms. The summed E-state index contributed by atoms with van der Waals surface area (Å²) in [6.45, 7) is 3.28. The van der Waals surface area contributed by atoms with Gasteiger partial charge in [-0.1, -0.05) is 18.2 Å². The molecule has 1 fully saturated rings. The Morgan fingerprint density at radius 3 is 3.00 bits per heavy atom. The molecule has 3 rings (SSSR count). The number of para-hydroxylation sites is 1. The zero-order valence-corrected chi connectivity index (χ0v) is 11.8. The number of benzene rings is 1. The molecule has 4 nitrogen and oxygen atoms in total. The number of hydrogen-bond donors (Lipinski definition) is 1. The number of amides is 1. The standard InChI is InChI=1S/C16H22N2O2/c19-14-5-3-9-17(12-14)10-8-16(20)18-11-7-13-4-1-2-6-15(13)18/h1-2,4,6,14,19H,3,5,7-12H2. The summed E-state index contributed by atoms with van der Waals surface area (Å²) in [5.74, 6) is 0.204. The Balaban J connectivity index is 1.55. The van der Waals surface area contributed by atoms with Crippen molar-refractivity contribution < 1.29 is 9.90 Å². The van der Waals surface area contributed by atoms with E-state index in [0.717, 1.165) is 44.6 Å². The normalized spacial score (nSPS) is 22.9. The third kappa shape index (κ3) is 2.86. The summed E-state index contributed by atoms with van der Waals surface area (Å²) < 4.78 is 0. The topological polar surface area (TPSA) is 43.8 Å². The van der Waals surface area contributed by atoms with E-state index >= 15 is 0 Å². The highest BCUT2D eigenvalue weighted by Gasteiger charge is 2.25. The highest BCUT2D eigenvalue weighted by atomic mass is 16.3. The number of carbonyl (C=O) groups is 1. The first kappa shape index (κ1) is 13.6. The summed E-state index contributed by atoms with van der Waals surface area (Å²) in [6.07, 6.45) is 3.21. The van der Waals surface area contributed by atoms with E-state index in [1.165, 1.54) is 5.56 Å². The van der Waals surface area contributed by atoms with E-state index < -0.39 is 0 Å². The minimum atomic E-state index is -0.216. The fourth-order valence-electron chi connectivity index (χ4n) is 3.22. The Morgan fingerprint density at radius 1 is 1.30 bits per heavy atom. The fraction of sp³-hybridized carbons (Fsp3) is 0.562. The number of nitrogens with zero attached hydrogens (tertiary/aromatic N) is 2. The maximum absolute atomic E-state index is 12.4. The van der Waals surface area contributed by atoms with E-state index in [0.29, 0.717) is 13.0 Å². The smallest absolute Gasteiger partial charge is 0.228 e. The SMILES string of the molecule is O=C(CCN1CCCC(O)C1)N1CCc2ccccc21. The molecule has 0 aliphatic carbocycles. The van der Waals surface area contributed by atoms with Crippen LogP contribution in [0.1, 0.15) is 24.8 Å². The number of carbonyl (C=O) groups excluding carboxylic acids is 1. The van der Waals surface area contributed by atoms with Gasteiger partial charge in [0.1, 0.15) is 0 Å². The Labute approximate surface area is 120 Å². The van der Waals surface area contributed by atoms with Gasteiger partial charge in [-0.3, -0.25) is 4.79 Å². The highest BCUT2D eigenvalue weighted by molar-refractivity contribution is 5.95. The quantitative estimate of drug-likeness (QED) is 0.906. The van der Waals surface area contributed by atoms with Crippen molar-refractivity contribution in [3.05, 3.63) is 29.8 Å². The van der Waals surface area contributed by atoms with Crippen molar-refractivity contribution in [2.75, 3.05) is 31.1 Å². The number of aliphatic hydroxyl groups excluding tert-OH is 1. The minimum absolute atomic E-state index is 0.204. The maximum Gasteiger partial charge on any atom is 0.228 e. The molecule has 1 N–H and O–H groups in total. The number of β-amino-alcohol motifs (C(OH)–C–C–N with tert-alkyl or cyclic N) is 1. The average Bonchev–Trinajstić information content (AvgIpc) is 2.89. The van der Waals surface area contributed by atoms with Crippen LogP contribution in [0.2, 0.25) is 0 Å². The second-order valence-corrected chi connectivity index (χ2v) is 5.77. The number of piperidine rings is 1. The molecule has 4 heteroatoms. The highest BCUT2D eigenvalue weighted by Crippen LogP contribution is 2.27. The van der Waals surface area contributed by atoms with Crippen molar-refractivity contribution >= 4 is 11.6 Å². The van der Waals surface area contributed by atoms with Crippen molar-refractivity contribution in [1.29, 1.82) is 0 Å². The molecule has 108 valence electrons. The first-order valence-electron chi connectivity index (χ1n) is 7.53. The second-order valence-electron chi connectivity index (χ2n) is 5.77. The van der Waals surface area contributed by atoms with Gasteiger partial charge in [-0.05, 0) is 37.4 Å². The molecule has 0 saturated carbocycles. The van der Waals surface area contributed by atoms with Gasteiger partial charge in [0.2, 0.25) is 5.91 Å². The van der Waals surface area contributed by atoms with Gasteiger partial charge >= 0.3 is 0 Å². The molecule has 1 aromatic carbocycles. The number of aliphatic hydroxyl groups is 1. The van der Waals surface area contributed by atoms with Crippen molar-refractivity contribution in [2.24, 2.45) is 0 Å². The molecule has 20 heavy (non-hydrogen) atoms. The van der Waals surface area contributed by atoms with E-state index in [2.05, 4.69) is 11.0 Å². The molecule has 2 aliphatic rings. The molecule has 1 amide bonds. The van der Waals surface area contributed by atoms with Gasteiger partial charge in [0.25, 0.3) is 0 Å². The molecule has 1 saturated heterocycles. The lowest BCUT2D eigenvalue weighted by Crippen LogP contribution is -2.40. The van der Waals surface area contributed by atoms with Crippen LogP contribution in [0.5, 0.6) is 0 Å². The van der Waals surface area contributed by atoms with Crippen LogP contribution in [-0.2, 0) is 11.2 Å². The molecule has 2 heterocycles. The van der Waals surface area contributed by atoms with E-state index in [9.17, 15) is 9.90 Å². The van der Waals surface area contributed by atoms with Gasteiger partial charge in [-0.15, -0.1) is 0 Å². The molecule has 1 unspecified atom stereocenters. The fourth-order valence-corrected chi connectivity index (χ4v) is 3.22. The molecule has 1 atom stereocenters. The van der Waals surface area contributed by atoms with Crippen LogP contribution in [0.25, 0.3) is 0 Å². The molecular weight excluding hydrogens is 252 g/mol. The largest absolute Gasteiger partial charge is 0.392 e. The van der Waals surface area contributed by atoms with E-state index in [-0.39, 0.29) is 12.0 Å². The molecule has 0 aromatic heterocycles. The summed E-state index contributed by atoms with van der Waals surface area (Å²) in [5, 5.41) is 9.65. The lowest BCUT2D eigenvalue weighted by Gasteiger charge is -2.30. The van der Waals surface area contributed by atoms with Gasteiger partial charge < -0.3 is 14.9 Å². The van der Waals surface area contributed by atoms with Crippen LogP contribution in [0.3, 0.4) is 0 Å². The summed E-state index contributed by atoms with van der Waals surface area (Å²) >= 11 is 0. The lowest BCUT2D eigenvalue weighted by molar-refractivity contribution is -0.119. The van der Waals surface area contributed by atoms with Crippen molar-refractivity contribution in [3.8, 4) is 0 Å². The van der Waals surface area contributed by atoms with E-state index in [4.69, 9.17) is 0 Å². The second kappa shape index (κ2) is 5.94. The summed E-state index contributed by atoms with van der Waals surface area (Å²) in [7, 11) is 0. The Kier molecular flexibility index (Phi) is 4.03. The minimum Gasteiger partial charge on any atom is -0.392 e. The average molecular weight is 274 g/mol. The molecule has 0 radical (unpaired) electrons. The summed E-state index contributed by atoms with van der Waals surface area (Å²) in [6, 6.07) is 8.15. The van der Waals surface area contributed by atoms with Crippen LogP contribution in [0.4, 0.5) is 5.69 Å². The van der Waals surface area contributed by atoms with Crippen molar-refractivity contribution in [1.82, 2.24) is 4.90 Å². The van der Waals surface area contributed by atoms with Gasteiger partial charge in [0.05, 0.1) is 6.10 Å². The van der Waals surface area contributed by atoms with Crippen molar-refractivity contribution in [2.45, 2.75) is 31.8 Å². The number of likely N-dealkylation sites (tertiary alicyclic amines) is 1. The van der Waals surface area contributed by atoms with Gasteiger partial charge in [-0.2, -0.15) is 0 Å². The summed E-state index contributed by atoms with van der Waals surface area (Å²) in [4.78, 5) is 16.5. The van der Waals surface area contributed by atoms with Gasteiger partial charge in [-0.25, -0.2) is 0 Å². The first-order chi connectivity index (χ1) is 9.74.